The lowest BCUT2D eigenvalue weighted by Gasteiger charge is -2.21. The zero-order valence-corrected chi connectivity index (χ0v) is 23.6. The van der Waals surface area contributed by atoms with Gasteiger partial charge in [-0.05, 0) is 123 Å². The van der Waals surface area contributed by atoms with E-state index in [2.05, 4.69) is 93.0 Å². The summed E-state index contributed by atoms with van der Waals surface area (Å²) in [6, 6.07) is 0.713. The van der Waals surface area contributed by atoms with Gasteiger partial charge in [-0.25, -0.2) is 0 Å². The van der Waals surface area contributed by atoms with Gasteiger partial charge in [-0.2, -0.15) is 0 Å². The van der Waals surface area contributed by atoms with Crippen molar-refractivity contribution < 1.29 is 9.53 Å². The predicted octanol–water partition coefficient (Wildman–Crippen LogP) is 6.53. The number of ether oxygens (including phenoxy) is 1. The minimum atomic E-state index is 0.167. The number of carbonyl (C=O) groups excluding carboxylic acids is 1. The van der Waals surface area contributed by atoms with Gasteiger partial charge in [0.05, 0.1) is 7.11 Å². The highest BCUT2D eigenvalue weighted by molar-refractivity contribution is 5.72. The summed E-state index contributed by atoms with van der Waals surface area (Å²) < 4.78 is 5.39. The third-order valence-corrected chi connectivity index (χ3v) is 5.76. The van der Waals surface area contributed by atoms with Gasteiger partial charge >= 0.3 is 0 Å². The first kappa shape index (κ1) is 34.2. The molecule has 0 unspecified atom stereocenters. The standard InChI is InChI=1S/C12H18O.C7H17N.C5H13N.C3H6O/c1-7-8(2)10(4)12(13-6)11(5)9(7)3;1-5-8(6-2)7(3)4;1-4-6(3)5-2;1-3(2)4/h1-6H3;7H,5-6H2,1-4H3;4-5H2,1-3H3;1-2H3. The molecule has 4 heteroatoms. The molecular weight excluding hydrogens is 384 g/mol. The van der Waals surface area contributed by atoms with Gasteiger partial charge in [-0.3, -0.25) is 0 Å². The third kappa shape index (κ3) is 15.1. The average Bonchev–Trinajstić information content (AvgIpc) is 2.72. The molecule has 184 valence electrons. The molecule has 4 nitrogen and oxygen atoms in total. The van der Waals surface area contributed by atoms with Gasteiger partial charge in [-0.15, -0.1) is 0 Å². The highest BCUT2D eigenvalue weighted by atomic mass is 16.5. The molecule has 0 aliphatic rings. The molecule has 0 bridgehead atoms. The number of benzene rings is 1. The van der Waals surface area contributed by atoms with Gasteiger partial charge in [0.15, 0.2) is 0 Å². The van der Waals surface area contributed by atoms with Crippen molar-refractivity contribution in [2.24, 2.45) is 0 Å². The van der Waals surface area contributed by atoms with E-state index in [-0.39, 0.29) is 5.78 Å². The van der Waals surface area contributed by atoms with E-state index in [4.69, 9.17) is 4.74 Å². The van der Waals surface area contributed by atoms with Crippen LogP contribution in [0.1, 0.15) is 83.2 Å². The lowest BCUT2D eigenvalue weighted by molar-refractivity contribution is -0.114. The molecule has 0 radical (unpaired) electrons. The van der Waals surface area contributed by atoms with E-state index < -0.39 is 0 Å². The van der Waals surface area contributed by atoms with E-state index in [0.29, 0.717) is 6.04 Å². The van der Waals surface area contributed by atoms with Crippen LogP contribution in [0.5, 0.6) is 5.75 Å². The van der Waals surface area contributed by atoms with Crippen LogP contribution < -0.4 is 4.74 Å². The lowest BCUT2D eigenvalue weighted by Crippen LogP contribution is -2.29. The molecule has 31 heavy (non-hydrogen) atoms. The second-order valence-corrected chi connectivity index (χ2v) is 8.37. The molecule has 0 N–H and O–H groups in total. The highest BCUT2D eigenvalue weighted by Crippen LogP contribution is 2.31. The average molecular weight is 439 g/mol. The molecule has 0 saturated heterocycles. The summed E-state index contributed by atoms with van der Waals surface area (Å²) in [5.41, 5.74) is 6.61. The highest BCUT2D eigenvalue weighted by Gasteiger charge is 2.11. The first-order valence-corrected chi connectivity index (χ1v) is 11.8. The van der Waals surface area contributed by atoms with E-state index in [1.807, 2.05) is 0 Å². The van der Waals surface area contributed by atoms with Crippen molar-refractivity contribution in [3.8, 4) is 5.75 Å². The Morgan fingerprint density at radius 1 is 0.742 bits per heavy atom. The number of ketones is 1. The molecule has 1 rings (SSSR count). The van der Waals surface area contributed by atoms with Crippen molar-refractivity contribution in [2.75, 3.05) is 40.3 Å². The minimum absolute atomic E-state index is 0.167. The van der Waals surface area contributed by atoms with Crippen molar-refractivity contribution in [3.63, 3.8) is 0 Å². The molecule has 0 saturated carbocycles. The fourth-order valence-electron chi connectivity index (χ4n) is 2.95. The van der Waals surface area contributed by atoms with Crippen LogP contribution in [0.15, 0.2) is 0 Å². The molecular formula is C27H54N2O2. The van der Waals surface area contributed by atoms with Gasteiger partial charge < -0.3 is 19.3 Å². The predicted molar refractivity (Wildman–Crippen MR) is 140 cm³/mol. The molecule has 0 aliphatic carbocycles. The molecule has 1 aromatic carbocycles. The van der Waals surface area contributed by atoms with Crippen LogP contribution in [0.25, 0.3) is 0 Å². The Kier molecular flexibility index (Phi) is 21.3. The minimum Gasteiger partial charge on any atom is -0.496 e. The Morgan fingerprint density at radius 2 is 1.03 bits per heavy atom. The number of hydrogen-bond acceptors (Lipinski definition) is 4. The zero-order chi connectivity index (χ0) is 25.3. The molecule has 0 fully saturated rings. The summed E-state index contributed by atoms with van der Waals surface area (Å²) in [4.78, 5) is 14.1. The molecule has 0 amide bonds. The molecule has 0 spiro atoms. The summed E-state index contributed by atoms with van der Waals surface area (Å²) >= 11 is 0. The van der Waals surface area contributed by atoms with Crippen molar-refractivity contribution >= 4 is 5.78 Å². The molecule has 0 aliphatic heterocycles. The van der Waals surface area contributed by atoms with Gasteiger partial charge in [0.1, 0.15) is 11.5 Å². The normalized spacial score (nSPS) is 10.0. The van der Waals surface area contributed by atoms with Gasteiger partial charge in [-0.1, -0.05) is 27.7 Å². The first-order chi connectivity index (χ1) is 14.3. The number of nitrogens with zero attached hydrogens (tertiary/aromatic N) is 2. The molecule has 0 atom stereocenters. The van der Waals surface area contributed by atoms with Crippen LogP contribution in [0.3, 0.4) is 0 Å². The van der Waals surface area contributed by atoms with Crippen LogP contribution in [0, 0.1) is 34.6 Å². The maximum absolute atomic E-state index is 9.44. The Labute approximate surface area is 195 Å². The second kappa shape index (κ2) is 19.3. The number of rotatable bonds is 6. The van der Waals surface area contributed by atoms with Crippen molar-refractivity contribution in [3.05, 3.63) is 27.8 Å². The topological polar surface area (TPSA) is 32.8 Å². The van der Waals surface area contributed by atoms with E-state index in [1.54, 1.807) is 7.11 Å². The molecule has 1 aromatic rings. The fourth-order valence-corrected chi connectivity index (χ4v) is 2.95. The third-order valence-electron chi connectivity index (χ3n) is 5.76. The Balaban J connectivity index is -0.000000375. The van der Waals surface area contributed by atoms with Crippen molar-refractivity contribution in [1.29, 1.82) is 0 Å². The monoisotopic (exact) mass is 438 g/mol. The van der Waals surface area contributed by atoms with E-state index in [1.165, 1.54) is 54.8 Å². The maximum Gasteiger partial charge on any atom is 0.126 e. The van der Waals surface area contributed by atoms with Crippen molar-refractivity contribution in [1.82, 2.24) is 9.80 Å². The smallest absolute Gasteiger partial charge is 0.126 e. The van der Waals surface area contributed by atoms with Crippen LogP contribution in [-0.4, -0.2) is 62.0 Å². The summed E-state index contributed by atoms with van der Waals surface area (Å²) in [5, 5.41) is 0. The van der Waals surface area contributed by atoms with Gasteiger partial charge in [0.25, 0.3) is 0 Å². The van der Waals surface area contributed by atoms with Gasteiger partial charge in [0.2, 0.25) is 0 Å². The number of methoxy groups -OCH3 is 1. The van der Waals surface area contributed by atoms with Crippen LogP contribution >= 0.6 is 0 Å². The van der Waals surface area contributed by atoms with Gasteiger partial charge in [0, 0.05) is 6.04 Å². The summed E-state index contributed by atoms with van der Waals surface area (Å²) in [7, 11) is 3.85. The van der Waals surface area contributed by atoms with Crippen LogP contribution in [0.2, 0.25) is 0 Å². The van der Waals surface area contributed by atoms with Crippen molar-refractivity contribution in [2.45, 2.75) is 96.1 Å². The lowest BCUT2D eigenvalue weighted by atomic mass is 9.94. The molecule has 0 heterocycles. The maximum atomic E-state index is 9.44. The summed E-state index contributed by atoms with van der Waals surface area (Å²) in [6.45, 7) is 31.6. The quantitative estimate of drug-likeness (QED) is 0.505. The molecule has 0 aromatic heterocycles. The second-order valence-electron chi connectivity index (χ2n) is 8.37. The number of Topliss-reactive ketones (excluding diaryl/α,β-unsaturated/α-hetero) is 1. The van der Waals surface area contributed by atoms with Crippen LogP contribution in [0.4, 0.5) is 0 Å². The largest absolute Gasteiger partial charge is 0.496 e. The van der Waals surface area contributed by atoms with E-state index in [9.17, 15) is 4.79 Å². The Bertz CT molecular complexity index is 569. The Morgan fingerprint density at radius 3 is 1.16 bits per heavy atom. The number of carbonyl (C=O) groups is 1. The summed E-state index contributed by atoms with van der Waals surface area (Å²) in [6.07, 6.45) is 0. The fraction of sp³-hybridized carbons (Fsp3) is 0.741. The number of hydrogen-bond donors (Lipinski definition) is 0. The van der Waals surface area contributed by atoms with E-state index >= 15 is 0 Å². The van der Waals surface area contributed by atoms with Crippen LogP contribution in [-0.2, 0) is 4.79 Å². The first-order valence-electron chi connectivity index (χ1n) is 11.8. The van der Waals surface area contributed by atoms with E-state index in [0.717, 1.165) is 18.8 Å². The SMILES string of the molecule is CC(C)=O.CCN(C)CC.CCN(CC)C(C)C.COc1c(C)c(C)c(C)c(C)c1C. The summed E-state index contributed by atoms with van der Waals surface area (Å²) in [5.74, 6) is 1.21. The zero-order valence-electron chi connectivity index (χ0n) is 23.6. The Hall–Kier alpha value is -1.39.